The Labute approximate surface area is 193 Å². The number of hydrogen-bond donors (Lipinski definition) is 2. The molecule has 2 aliphatic rings. The molecule has 33 heavy (non-hydrogen) atoms. The van der Waals surface area contributed by atoms with Crippen molar-refractivity contribution in [1.29, 1.82) is 0 Å². The summed E-state index contributed by atoms with van der Waals surface area (Å²) in [5.41, 5.74) is 5.41. The van der Waals surface area contributed by atoms with Crippen molar-refractivity contribution < 1.29 is 0 Å². The SMILES string of the molecule is Cc1cc2nc3c(=O)[nH]c(=O)nc-3n(CCNC(C)c3ccc(C(C)(C)C)cc3)c2cc1C. The molecule has 2 heterocycles. The van der Waals surface area contributed by atoms with Gasteiger partial charge in [-0.15, -0.1) is 0 Å². The lowest BCUT2D eigenvalue weighted by molar-refractivity contribution is 0.533. The number of aromatic amines is 1. The van der Waals surface area contributed by atoms with Gasteiger partial charge in [0.15, 0.2) is 11.5 Å². The molecule has 7 heteroatoms. The van der Waals surface area contributed by atoms with Gasteiger partial charge in [-0.2, -0.15) is 4.98 Å². The minimum Gasteiger partial charge on any atom is -0.321 e. The van der Waals surface area contributed by atoms with Gasteiger partial charge in [0, 0.05) is 19.1 Å². The molecule has 172 valence electrons. The summed E-state index contributed by atoms with van der Waals surface area (Å²) in [5.74, 6) is 0.309. The summed E-state index contributed by atoms with van der Waals surface area (Å²) in [6.07, 6.45) is 0. The molecule has 0 fully saturated rings. The molecule has 2 aromatic carbocycles. The summed E-state index contributed by atoms with van der Waals surface area (Å²) >= 11 is 0. The molecule has 0 amide bonds. The topological polar surface area (TPSA) is 92.7 Å². The van der Waals surface area contributed by atoms with E-state index < -0.39 is 11.2 Å². The Bertz CT molecular complexity index is 1390. The molecule has 0 spiro atoms. The molecule has 0 aromatic heterocycles. The fourth-order valence-electron chi connectivity index (χ4n) is 4.06. The summed E-state index contributed by atoms with van der Waals surface area (Å²) in [7, 11) is 0. The second-order valence-corrected chi connectivity index (χ2v) is 9.78. The lowest BCUT2D eigenvalue weighted by Gasteiger charge is -2.21. The summed E-state index contributed by atoms with van der Waals surface area (Å²) in [6.45, 7) is 14.0. The van der Waals surface area contributed by atoms with Crippen LogP contribution >= 0.6 is 0 Å². The molecule has 0 radical (unpaired) electrons. The van der Waals surface area contributed by atoms with E-state index >= 15 is 0 Å². The largest absolute Gasteiger partial charge is 0.349 e. The van der Waals surface area contributed by atoms with Gasteiger partial charge < -0.3 is 9.88 Å². The minimum absolute atomic E-state index is 0.122. The Balaban J connectivity index is 1.64. The number of fused-ring (bicyclic) bond motifs is 2. The first kappa shape index (κ1) is 22.9. The molecular formula is C26H31N5O2. The van der Waals surface area contributed by atoms with Crippen molar-refractivity contribution in [2.24, 2.45) is 0 Å². The number of hydrogen-bond acceptors (Lipinski definition) is 5. The van der Waals surface area contributed by atoms with Crippen LogP contribution in [-0.2, 0) is 12.0 Å². The van der Waals surface area contributed by atoms with Crippen molar-refractivity contribution in [1.82, 2.24) is 24.8 Å². The lowest BCUT2D eigenvalue weighted by atomic mass is 9.86. The van der Waals surface area contributed by atoms with Gasteiger partial charge in [-0.3, -0.25) is 9.78 Å². The van der Waals surface area contributed by atoms with Crippen LogP contribution in [0.4, 0.5) is 0 Å². The van der Waals surface area contributed by atoms with E-state index in [0.717, 1.165) is 16.6 Å². The first-order valence-corrected chi connectivity index (χ1v) is 11.3. The highest BCUT2D eigenvalue weighted by Gasteiger charge is 2.19. The van der Waals surface area contributed by atoms with Crippen molar-refractivity contribution >= 4 is 11.0 Å². The van der Waals surface area contributed by atoms with Crippen molar-refractivity contribution in [3.8, 4) is 11.5 Å². The van der Waals surface area contributed by atoms with Gasteiger partial charge in [0.25, 0.3) is 5.56 Å². The van der Waals surface area contributed by atoms with Crippen LogP contribution in [0.2, 0.25) is 0 Å². The summed E-state index contributed by atoms with van der Waals surface area (Å²) in [6, 6.07) is 12.9. The van der Waals surface area contributed by atoms with Gasteiger partial charge in [-0.25, -0.2) is 9.78 Å². The zero-order valence-electron chi connectivity index (χ0n) is 20.1. The predicted molar refractivity (Wildman–Crippen MR) is 132 cm³/mol. The molecule has 7 nitrogen and oxygen atoms in total. The van der Waals surface area contributed by atoms with Crippen molar-refractivity contribution in [3.05, 3.63) is 79.5 Å². The first-order chi connectivity index (χ1) is 15.5. The summed E-state index contributed by atoms with van der Waals surface area (Å²) in [5, 5.41) is 3.56. The van der Waals surface area contributed by atoms with Gasteiger partial charge in [0.05, 0.1) is 11.0 Å². The van der Waals surface area contributed by atoms with E-state index in [-0.39, 0.29) is 17.2 Å². The molecule has 0 saturated carbocycles. The molecule has 1 unspecified atom stereocenters. The van der Waals surface area contributed by atoms with Gasteiger partial charge in [0.1, 0.15) is 0 Å². The highest BCUT2D eigenvalue weighted by Crippen LogP contribution is 2.25. The summed E-state index contributed by atoms with van der Waals surface area (Å²) in [4.78, 5) is 35.2. The third kappa shape index (κ3) is 4.59. The third-order valence-electron chi connectivity index (χ3n) is 6.29. The fraction of sp³-hybridized carbons (Fsp3) is 0.385. The number of benzene rings is 2. The first-order valence-electron chi connectivity index (χ1n) is 11.3. The smallest absolute Gasteiger partial charge is 0.321 e. The van der Waals surface area contributed by atoms with Crippen LogP contribution in [-0.4, -0.2) is 26.1 Å². The zero-order valence-corrected chi connectivity index (χ0v) is 20.1. The van der Waals surface area contributed by atoms with Gasteiger partial charge in [-0.1, -0.05) is 45.0 Å². The summed E-state index contributed by atoms with van der Waals surface area (Å²) < 4.78 is 1.92. The van der Waals surface area contributed by atoms with Gasteiger partial charge in [-0.05, 0) is 60.6 Å². The van der Waals surface area contributed by atoms with Crippen molar-refractivity contribution in [2.45, 2.75) is 59.5 Å². The second kappa shape index (κ2) is 8.56. The average Bonchev–Trinajstić information content (AvgIpc) is 2.74. The Morgan fingerprint density at radius 3 is 2.36 bits per heavy atom. The number of H-pyrrole nitrogens is 1. The highest BCUT2D eigenvalue weighted by molar-refractivity contribution is 5.81. The molecule has 1 atom stereocenters. The van der Waals surface area contributed by atoms with E-state index in [0.29, 0.717) is 24.4 Å². The molecule has 0 bridgehead atoms. The van der Waals surface area contributed by atoms with E-state index in [2.05, 4.69) is 72.2 Å². The van der Waals surface area contributed by atoms with E-state index in [4.69, 9.17) is 0 Å². The molecule has 4 rings (SSSR count). The zero-order chi connectivity index (χ0) is 23.9. The van der Waals surface area contributed by atoms with E-state index in [1.807, 2.05) is 30.5 Å². The maximum atomic E-state index is 12.4. The predicted octanol–water partition coefficient (Wildman–Crippen LogP) is 3.85. The molecule has 0 saturated heterocycles. The Hall–Kier alpha value is -3.32. The molecule has 2 aromatic rings. The van der Waals surface area contributed by atoms with Crippen molar-refractivity contribution in [2.75, 3.05) is 6.54 Å². The van der Waals surface area contributed by atoms with E-state index in [1.165, 1.54) is 11.1 Å². The fourth-order valence-corrected chi connectivity index (χ4v) is 4.06. The van der Waals surface area contributed by atoms with E-state index in [9.17, 15) is 9.59 Å². The minimum atomic E-state index is -0.661. The van der Waals surface area contributed by atoms with Crippen LogP contribution in [0.5, 0.6) is 0 Å². The number of nitrogens with one attached hydrogen (secondary N) is 2. The highest BCUT2D eigenvalue weighted by atomic mass is 16.2. The Kier molecular flexibility index (Phi) is 5.93. The van der Waals surface area contributed by atoms with Gasteiger partial charge in [0.2, 0.25) is 0 Å². The number of aryl methyl sites for hydroxylation is 2. The molecule has 2 N–H and O–H groups in total. The normalized spacial score (nSPS) is 13.0. The molecular weight excluding hydrogens is 414 g/mol. The number of rotatable bonds is 5. The van der Waals surface area contributed by atoms with Crippen LogP contribution in [0.1, 0.15) is 56.0 Å². The van der Waals surface area contributed by atoms with Crippen LogP contribution in [0.15, 0.2) is 46.0 Å². The monoisotopic (exact) mass is 445 g/mol. The number of aromatic nitrogens is 4. The maximum Gasteiger partial charge on any atom is 0.349 e. The molecule has 0 aliphatic carbocycles. The third-order valence-corrected chi connectivity index (χ3v) is 6.29. The van der Waals surface area contributed by atoms with Crippen LogP contribution < -0.4 is 16.6 Å². The standard InChI is InChI=1S/C26H31N5O2/c1-15-13-20-21(14-16(15)2)31(23-22(28-20)24(32)30-25(33)29-23)12-11-27-17(3)18-7-9-19(10-8-18)26(4,5)6/h7-10,13-14,17,27H,11-12H2,1-6H3,(H,30,32,33). The average molecular weight is 446 g/mol. The van der Waals surface area contributed by atoms with Crippen LogP contribution in [0.25, 0.3) is 22.6 Å². The van der Waals surface area contributed by atoms with Crippen LogP contribution in [0.3, 0.4) is 0 Å². The second-order valence-electron chi connectivity index (χ2n) is 9.78. The van der Waals surface area contributed by atoms with Crippen LogP contribution in [0, 0.1) is 13.8 Å². The van der Waals surface area contributed by atoms with Gasteiger partial charge >= 0.3 is 5.69 Å². The number of nitrogens with zero attached hydrogens (tertiary/aromatic N) is 3. The lowest BCUT2D eigenvalue weighted by Crippen LogP contribution is -2.30. The van der Waals surface area contributed by atoms with Crippen molar-refractivity contribution in [3.63, 3.8) is 0 Å². The maximum absolute atomic E-state index is 12.4. The van der Waals surface area contributed by atoms with E-state index in [1.54, 1.807) is 0 Å². The molecule has 2 aliphatic heterocycles. The Morgan fingerprint density at radius 2 is 1.70 bits per heavy atom. The Morgan fingerprint density at radius 1 is 1.03 bits per heavy atom. The quantitative estimate of drug-likeness (QED) is 0.455.